The first-order valence-corrected chi connectivity index (χ1v) is 20.7. The molecule has 6 heteroatoms. The number of rotatable bonds is 6. The first-order chi connectivity index (χ1) is 28.5. The summed E-state index contributed by atoms with van der Waals surface area (Å²) in [5.74, 6) is 1.83. The van der Waals surface area contributed by atoms with Gasteiger partial charge in [0.2, 0.25) is 11.4 Å². The molecule has 2 aromatic heterocycles. The van der Waals surface area contributed by atoms with E-state index in [0.29, 0.717) is 11.5 Å². The maximum Gasteiger partial charge on any atom is 0.503 e. The summed E-state index contributed by atoms with van der Waals surface area (Å²) in [6.07, 6.45) is 1.85. The van der Waals surface area contributed by atoms with E-state index in [1.54, 1.807) is 6.07 Å². The van der Waals surface area contributed by atoms with Crippen molar-refractivity contribution in [1.82, 2.24) is 18.7 Å². The molecule has 6 aromatic carbocycles. The second-order valence-electron chi connectivity index (χ2n) is 19.0. The van der Waals surface area contributed by atoms with Gasteiger partial charge in [-0.1, -0.05) is 111 Å². The highest BCUT2D eigenvalue weighted by Gasteiger charge is 2.40. The molecule has 5 nitrogen and oxygen atoms in total. The van der Waals surface area contributed by atoms with Crippen molar-refractivity contribution in [2.24, 2.45) is 0 Å². The Morgan fingerprint density at radius 3 is 1.95 bits per heavy atom. The summed E-state index contributed by atoms with van der Waals surface area (Å²) < 4.78 is 27.8. The van der Waals surface area contributed by atoms with Crippen molar-refractivity contribution < 1.29 is 9.13 Å². The molecule has 0 unspecified atom stereocenters. The minimum atomic E-state index is -0.279. The zero-order valence-electron chi connectivity index (χ0n) is 35.9. The molecular formula is C54H51FN4O+2. The van der Waals surface area contributed by atoms with Crippen LogP contribution in [0.1, 0.15) is 79.0 Å². The van der Waals surface area contributed by atoms with Crippen molar-refractivity contribution in [2.75, 3.05) is 0 Å². The molecule has 0 aliphatic carbocycles. The molecule has 1 aliphatic rings. The molecule has 0 radical (unpaired) electrons. The van der Waals surface area contributed by atoms with Crippen molar-refractivity contribution in [3.8, 4) is 28.4 Å². The van der Waals surface area contributed by atoms with E-state index in [-0.39, 0.29) is 22.1 Å². The van der Waals surface area contributed by atoms with Crippen molar-refractivity contribution in [1.29, 1.82) is 0 Å². The minimum absolute atomic E-state index is 0.0228. The lowest BCUT2D eigenvalue weighted by Crippen LogP contribution is -2.16. The smallest absolute Gasteiger partial charge is 0.457 e. The molecule has 0 N–H and O–H groups in total. The standard InChI is InChI=1S/C54H51FN4O/c1-52(2,3)36-25-26-56-50(30-36)59-47-24-21-39(55)31-46(47)45-23-22-43(33-49(45)59)60-42-18-13-17-41(32-42)57-34-58(40-15-11-10-12-16-40)51-44(19-14-20-48(51)57)35-27-37(53(4,5)6)29-38(28-35)54(7,8)9/h10-33H,1-9H3/q+2. The molecule has 1 aliphatic heterocycles. The second kappa shape index (κ2) is 14.3. The van der Waals surface area contributed by atoms with Crippen LogP contribution in [0.4, 0.5) is 27.1 Å². The van der Waals surface area contributed by atoms with Crippen molar-refractivity contribution in [3.05, 3.63) is 168 Å². The minimum Gasteiger partial charge on any atom is -0.457 e. The molecule has 0 spiro atoms. The monoisotopic (exact) mass is 790 g/mol. The first-order valence-electron chi connectivity index (χ1n) is 20.7. The largest absolute Gasteiger partial charge is 0.503 e. The molecule has 3 heterocycles. The lowest BCUT2D eigenvalue weighted by atomic mass is 9.78. The van der Waals surface area contributed by atoms with Crippen LogP contribution in [0.3, 0.4) is 0 Å². The molecule has 0 saturated heterocycles. The van der Waals surface area contributed by atoms with Crippen LogP contribution in [-0.4, -0.2) is 15.6 Å². The van der Waals surface area contributed by atoms with Crippen LogP contribution in [-0.2, 0) is 16.2 Å². The number of halogens is 1. The van der Waals surface area contributed by atoms with Crippen LogP contribution in [0.25, 0.3) is 38.8 Å². The Balaban J connectivity index is 1.15. The average molecular weight is 791 g/mol. The first kappa shape index (κ1) is 38.9. The summed E-state index contributed by atoms with van der Waals surface area (Å²) in [5, 5.41) is 1.74. The number of ether oxygens (including phenoxy) is 1. The van der Waals surface area contributed by atoms with Crippen LogP contribution in [0, 0.1) is 5.82 Å². The maximum absolute atomic E-state index is 14.7. The van der Waals surface area contributed by atoms with Gasteiger partial charge in [0.25, 0.3) is 5.69 Å². The normalized spacial score (nSPS) is 13.1. The number of pyridine rings is 1. The van der Waals surface area contributed by atoms with Gasteiger partial charge in [0.05, 0.1) is 22.7 Å². The highest BCUT2D eigenvalue weighted by molar-refractivity contribution is 6.09. The number of nitrogens with zero attached hydrogens (tertiary/aromatic N) is 4. The lowest BCUT2D eigenvalue weighted by molar-refractivity contribution is 0.483. The van der Waals surface area contributed by atoms with Gasteiger partial charge in [-0.2, -0.15) is 0 Å². The Kier molecular flexibility index (Phi) is 9.26. The van der Waals surface area contributed by atoms with E-state index in [1.165, 1.54) is 22.8 Å². The summed E-state index contributed by atoms with van der Waals surface area (Å²) >= 11 is 0. The molecule has 298 valence electrons. The quantitative estimate of drug-likeness (QED) is 0.157. The zero-order chi connectivity index (χ0) is 42.1. The van der Waals surface area contributed by atoms with Gasteiger partial charge in [0, 0.05) is 47.3 Å². The summed E-state index contributed by atoms with van der Waals surface area (Å²) in [6, 6.07) is 51.0. The van der Waals surface area contributed by atoms with E-state index >= 15 is 0 Å². The molecule has 60 heavy (non-hydrogen) atoms. The van der Waals surface area contributed by atoms with E-state index in [1.807, 2.05) is 48.7 Å². The van der Waals surface area contributed by atoms with Gasteiger partial charge >= 0.3 is 11.7 Å². The van der Waals surface area contributed by atoms with Crippen LogP contribution in [0.2, 0.25) is 0 Å². The third-order valence-corrected chi connectivity index (χ3v) is 11.5. The molecule has 0 saturated carbocycles. The van der Waals surface area contributed by atoms with E-state index in [9.17, 15) is 4.39 Å². The Morgan fingerprint density at radius 1 is 0.550 bits per heavy atom. The Labute approximate surface area is 352 Å². The van der Waals surface area contributed by atoms with Gasteiger partial charge in [-0.3, -0.25) is 4.57 Å². The number of benzene rings is 6. The summed E-state index contributed by atoms with van der Waals surface area (Å²) in [7, 11) is 0. The van der Waals surface area contributed by atoms with Gasteiger partial charge in [0.1, 0.15) is 23.1 Å². The lowest BCUT2D eigenvalue weighted by Gasteiger charge is -2.26. The van der Waals surface area contributed by atoms with Gasteiger partial charge in [0.15, 0.2) is 0 Å². The van der Waals surface area contributed by atoms with Gasteiger partial charge in [-0.15, -0.1) is 0 Å². The van der Waals surface area contributed by atoms with E-state index in [0.717, 1.165) is 61.5 Å². The van der Waals surface area contributed by atoms with Gasteiger partial charge < -0.3 is 4.74 Å². The molecule has 0 amide bonds. The summed E-state index contributed by atoms with van der Waals surface area (Å²) in [5.41, 5.74) is 11.8. The SMILES string of the molecule is CC(C)(C)c1cc(-c2cccc3c2[N+](c2ccccc2)=C=[N+]3c2cccc(Oc3ccc4c5cc(F)ccc5n(-c5cc(C(C)(C)C)ccn5)c4c3)c2)cc(C(C)(C)C)c1. The van der Waals surface area contributed by atoms with Gasteiger partial charge in [-0.25, -0.2) is 9.37 Å². The number of fused-ring (bicyclic) bond motifs is 4. The molecule has 8 aromatic rings. The van der Waals surface area contributed by atoms with Gasteiger partial charge in [-0.05, 0) is 102 Å². The molecule has 0 bridgehead atoms. The van der Waals surface area contributed by atoms with Crippen LogP contribution in [0.15, 0.2) is 146 Å². The van der Waals surface area contributed by atoms with Crippen molar-refractivity contribution in [3.63, 3.8) is 0 Å². The van der Waals surface area contributed by atoms with Crippen LogP contribution < -0.4 is 13.9 Å². The molecule has 0 atom stereocenters. The topological polar surface area (TPSA) is 33.1 Å². The molecule has 0 fully saturated rings. The number of hydrogen-bond donors (Lipinski definition) is 0. The fourth-order valence-corrected chi connectivity index (χ4v) is 8.11. The van der Waals surface area contributed by atoms with Crippen LogP contribution in [0.5, 0.6) is 11.5 Å². The third kappa shape index (κ3) is 7.12. The molecule has 9 rings (SSSR count). The Hall–Kier alpha value is -6.62. The zero-order valence-corrected chi connectivity index (χ0v) is 35.9. The summed E-state index contributed by atoms with van der Waals surface area (Å²) in [6.45, 7) is 20.3. The van der Waals surface area contributed by atoms with E-state index in [4.69, 9.17) is 9.72 Å². The van der Waals surface area contributed by atoms with E-state index in [2.05, 4.69) is 167 Å². The highest BCUT2D eigenvalue weighted by atomic mass is 19.1. The maximum atomic E-state index is 14.7. The average Bonchev–Trinajstić information content (AvgIpc) is 3.76. The van der Waals surface area contributed by atoms with Crippen molar-refractivity contribution in [2.45, 2.75) is 78.6 Å². The van der Waals surface area contributed by atoms with Crippen LogP contribution >= 0.6 is 0 Å². The Bertz CT molecular complexity index is 3020. The van der Waals surface area contributed by atoms with Crippen molar-refractivity contribution >= 4 is 50.6 Å². The number of para-hydroxylation sites is 2. The number of aromatic nitrogens is 2. The fraction of sp³-hybridized carbons (Fsp3) is 0.222. The predicted octanol–water partition coefficient (Wildman–Crippen LogP) is 14.5. The summed E-state index contributed by atoms with van der Waals surface area (Å²) in [4.78, 5) is 4.80. The van der Waals surface area contributed by atoms with E-state index < -0.39 is 0 Å². The predicted molar refractivity (Wildman–Crippen MR) is 247 cm³/mol. The third-order valence-electron chi connectivity index (χ3n) is 11.5. The fourth-order valence-electron chi connectivity index (χ4n) is 8.11. The molecular weight excluding hydrogens is 740 g/mol. The highest BCUT2D eigenvalue weighted by Crippen LogP contribution is 2.45. The second-order valence-corrected chi connectivity index (χ2v) is 19.0. The number of hydrogen-bond acceptors (Lipinski definition) is 2. The Morgan fingerprint density at radius 2 is 1.23 bits per heavy atom.